The summed E-state index contributed by atoms with van der Waals surface area (Å²) in [6.07, 6.45) is -0.683. The highest BCUT2D eigenvalue weighted by Crippen LogP contribution is 2.27. The van der Waals surface area contributed by atoms with Crippen LogP contribution >= 0.6 is 0 Å². The van der Waals surface area contributed by atoms with E-state index in [1.165, 1.54) is 6.92 Å². The zero-order valence-corrected chi connectivity index (χ0v) is 17.3. The van der Waals surface area contributed by atoms with E-state index in [9.17, 15) is 18.0 Å². The van der Waals surface area contributed by atoms with Crippen LogP contribution in [0.5, 0.6) is 5.75 Å². The molecule has 0 unspecified atom stereocenters. The molecule has 0 radical (unpaired) electrons. The van der Waals surface area contributed by atoms with Gasteiger partial charge in [0.25, 0.3) is 0 Å². The molecule has 9 heteroatoms. The molecule has 6 nitrogen and oxygen atoms in total. The highest BCUT2D eigenvalue weighted by atomic mass is 19.4. The second kappa shape index (κ2) is 9.69. The van der Waals surface area contributed by atoms with Crippen LogP contribution in [0.1, 0.15) is 38.8 Å². The Labute approximate surface area is 173 Å². The van der Waals surface area contributed by atoms with E-state index in [-0.39, 0.29) is 24.9 Å². The summed E-state index contributed by atoms with van der Waals surface area (Å²) in [7, 11) is 0. The molecule has 0 fully saturated rings. The van der Waals surface area contributed by atoms with Crippen molar-refractivity contribution in [2.24, 2.45) is 5.41 Å². The lowest BCUT2D eigenvalue weighted by atomic mass is 9.97. The summed E-state index contributed by atoms with van der Waals surface area (Å²) in [5.74, 6) is -1.24. The van der Waals surface area contributed by atoms with Gasteiger partial charge >= 0.3 is 12.1 Å². The number of carbonyl (C=O) groups is 1. The number of rotatable bonds is 8. The Hall–Kier alpha value is -2.97. The molecular weight excluding hydrogens is 401 g/mol. The second-order valence-electron chi connectivity index (χ2n) is 7.55. The number of benzene rings is 1. The zero-order chi connectivity index (χ0) is 22.4. The van der Waals surface area contributed by atoms with Crippen molar-refractivity contribution < 1.29 is 32.2 Å². The van der Waals surface area contributed by atoms with Crippen molar-refractivity contribution in [3.8, 4) is 5.75 Å². The fourth-order valence-electron chi connectivity index (χ4n) is 2.25. The maximum absolute atomic E-state index is 12.8. The van der Waals surface area contributed by atoms with E-state index in [1.807, 2.05) is 0 Å². The number of nitrogens with zero attached hydrogens (tertiary/aromatic N) is 2. The lowest BCUT2D eigenvalue weighted by Gasteiger charge is -2.15. The molecule has 30 heavy (non-hydrogen) atoms. The number of hydrogen-bond acceptors (Lipinski definition) is 5. The van der Waals surface area contributed by atoms with E-state index in [0.717, 1.165) is 11.1 Å². The summed E-state index contributed by atoms with van der Waals surface area (Å²) >= 11 is 0. The highest BCUT2D eigenvalue weighted by Gasteiger charge is 2.36. The first kappa shape index (κ1) is 23.3. The van der Waals surface area contributed by atoms with Gasteiger partial charge in [0.05, 0.1) is 24.8 Å². The number of ether oxygens (including phenoxy) is 3. The largest absolute Gasteiger partial charge is 0.487 e. The Kier molecular flexibility index (Phi) is 7.53. The maximum atomic E-state index is 12.8. The Morgan fingerprint density at radius 3 is 2.33 bits per heavy atom. The Balaban J connectivity index is 1.93. The molecule has 1 aromatic carbocycles. The maximum Gasteiger partial charge on any atom is 0.452 e. The van der Waals surface area contributed by atoms with E-state index >= 15 is 0 Å². The van der Waals surface area contributed by atoms with Crippen molar-refractivity contribution >= 4 is 5.97 Å². The number of carbonyl (C=O) groups excluding carboxylic acids is 1. The summed E-state index contributed by atoms with van der Waals surface area (Å²) in [5.41, 5.74) is 1.06. The SMILES string of the molecule is CCO/C(=C\Oc1ccc(Cn2cc(COC(=O)C(C)(C)C)cn2)cc1)C(F)(F)F. The van der Waals surface area contributed by atoms with Crippen LogP contribution in [0.3, 0.4) is 0 Å². The van der Waals surface area contributed by atoms with Gasteiger partial charge in [-0.05, 0) is 45.4 Å². The molecule has 0 aliphatic carbocycles. The fraction of sp³-hybridized carbons (Fsp3) is 0.429. The molecule has 2 aromatic rings. The first-order valence-electron chi connectivity index (χ1n) is 9.33. The molecule has 0 aliphatic rings. The van der Waals surface area contributed by atoms with E-state index in [1.54, 1.807) is 62.1 Å². The van der Waals surface area contributed by atoms with Crippen LogP contribution < -0.4 is 4.74 Å². The number of esters is 1. The molecule has 2 rings (SSSR count). The Morgan fingerprint density at radius 2 is 1.77 bits per heavy atom. The van der Waals surface area contributed by atoms with Crippen molar-refractivity contribution in [3.05, 3.63) is 59.8 Å². The lowest BCUT2D eigenvalue weighted by molar-refractivity contribution is -0.154. The van der Waals surface area contributed by atoms with Gasteiger partial charge in [-0.15, -0.1) is 0 Å². The van der Waals surface area contributed by atoms with Crippen LogP contribution in [0.2, 0.25) is 0 Å². The van der Waals surface area contributed by atoms with Crippen LogP contribution in [0.15, 0.2) is 48.7 Å². The van der Waals surface area contributed by atoms with Gasteiger partial charge < -0.3 is 14.2 Å². The summed E-state index contributed by atoms with van der Waals surface area (Å²) in [4.78, 5) is 11.8. The average Bonchev–Trinajstić information content (AvgIpc) is 3.10. The fourth-order valence-corrected chi connectivity index (χ4v) is 2.25. The zero-order valence-electron chi connectivity index (χ0n) is 17.3. The van der Waals surface area contributed by atoms with Crippen molar-refractivity contribution in [2.45, 2.75) is 47.0 Å². The minimum atomic E-state index is -4.62. The first-order valence-corrected chi connectivity index (χ1v) is 9.33. The molecule has 0 saturated carbocycles. The van der Waals surface area contributed by atoms with Crippen LogP contribution in [-0.4, -0.2) is 28.5 Å². The molecule has 0 atom stereocenters. The van der Waals surface area contributed by atoms with Crippen molar-refractivity contribution in [1.82, 2.24) is 9.78 Å². The van der Waals surface area contributed by atoms with Gasteiger partial charge in [0, 0.05) is 11.8 Å². The van der Waals surface area contributed by atoms with Crippen molar-refractivity contribution in [2.75, 3.05) is 6.61 Å². The minimum Gasteiger partial charge on any atom is -0.487 e. The standard InChI is InChI=1S/C21H25F3N2O4/c1-5-28-18(21(22,23)24)14-29-17-8-6-15(7-9-17)11-26-12-16(10-25-26)13-30-19(27)20(2,3)4/h6-10,12,14H,5,11,13H2,1-4H3/b18-14-. The molecule has 164 valence electrons. The van der Waals surface area contributed by atoms with Gasteiger partial charge in [-0.2, -0.15) is 18.3 Å². The van der Waals surface area contributed by atoms with Gasteiger partial charge in [0.2, 0.25) is 5.76 Å². The lowest BCUT2D eigenvalue weighted by Crippen LogP contribution is -2.22. The summed E-state index contributed by atoms with van der Waals surface area (Å²) in [6.45, 7) is 7.26. The summed E-state index contributed by atoms with van der Waals surface area (Å²) < 4.78 is 54.8. The van der Waals surface area contributed by atoms with Gasteiger partial charge in [-0.25, -0.2) is 0 Å². The topological polar surface area (TPSA) is 62.6 Å². The molecular formula is C21H25F3N2O4. The number of hydrogen-bond donors (Lipinski definition) is 0. The van der Waals surface area contributed by atoms with Crippen LogP contribution in [0.4, 0.5) is 13.2 Å². The Morgan fingerprint density at radius 1 is 1.10 bits per heavy atom. The second-order valence-corrected chi connectivity index (χ2v) is 7.55. The molecule has 0 spiro atoms. The van der Waals surface area contributed by atoms with Crippen molar-refractivity contribution in [1.29, 1.82) is 0 Å². The molecule has 1 aromatic heterocycles. The summed E-state index contributed by atoms with van der Waals surface area (Å²) in [5, 5.41) is 4.22. The monoisotopic (exact) mass is 426 g/mol. The average molecular weight is 426 g/mol. The van der Waals surface area contributed by atoms with E-state index in [4.69, 9.17) is 9.47 Å². The number of aromatic nitrogens is 2. The van der Waals surface area contributed by atoms with E-state index < -0.39 is 17.4 Å². The summed E-state index contributed by atoms with van der Waals surface area (Å²) in [6, 6.07) is 6.55. The van der Waals surface area contributed by atoms with Gasteiger partial charge in [0.1, 0.15) is 18.6 Å². The highest BCUT2D eigenvalue weighted by molar-refractivity contribution is 5.75. The molecule has 0 aliphatic heterocycles. The number of alkyl halides is 3. The predicted molar refractivity (Wildman–Crippen MR) is 103 cm³/mol. The van der Waals surface area contributed by atoms with Gasteiger partial charge in [0.15, 0.2) is 0 Å². The smallest absolute Gasteiger partial charge is 0.452 e. The number of halogens is 3. The van der Waals surface area contributed by atoms with E-state index in [0.29, 0.717) is 12.8 Å². The normalized spacial score (nSPS) is 12.6. The third-order valence-corrected chi connectivity index (χ3v) is 3.82. The van der Waals surface area contributed by atoms with Crippen LogP contribution in [0.25, 0.3) is 0 Å². The molecule has 0 amide bonds. The van der Waals surface area contributed by atoms with Gasteiger partial charge in [-0.3, -0.25) is 9.48 Å². The molecule has 0 saturated heterocycles. The Bertz CT molecular complexity index is 866. The van der Waals surface area contributed by atoms with Crippen LogP contribution in [0, 0.1) is 5.41 Å². The van der Waals surface area contributed by atoms with Crippen molar-refractivity contribution in [3.63, 3.8) is 0 Å². The first-order chi connectivity index (χ1) is 14.0. The third-order valence-electron chi connectivity index (χ3n) is 3.82. The predicted octanol–water partition coefficient (Wildman–Crippen LogP) is 4.84. The third kappa shape index (κ3) is 7.13. The molecule has 1 heterocycles. The van der Waals surface area contributed by atoms with Crippen LogP contribution in [-0.2, 0) is 27.4 Å². The quantitative estimate of drug-likeness (QED) is 0.447. The molecule has 0 bridgehead atoms. The molecule has 0 N–H and O–H groups in total. The van der Waals surface area contributed by atoms with E-state index in [2.05, 4.69) is 9.84 Å². The number of allylic oxidation sites excluding steroid dienone is 1. The minimum absolute atomic E-state index is 0.116. The van der Waals surface area contributed by atoms with Gasteiger partial charge in [-0.1, -0.05) is 12.1 Å².